The second-order valence-corrected chi connectivity index (χ2v) is 9.25. The van der Waals surface area contributed by atoms with Crippen LogP contribution in [0.25, 0.3) is 0 Å². The van der Waals surface area contributed by atoms with Crippen molar-refractivity contribution in [2.24, 2.45) is 0 Å². The minimum absolute atomic E-state index is 0.320. The Balaban J connectivity index is 2.19. The molecule has 0 saturated carbocycles. The Morgan fingerprint density at radius 3 is 2.07 bits per heavy atom. The number of nitrogens with zero attached hydrogens (tertiary/aromatic N) is 1. The molecule has 0 atom stereocenters. The quantitative estimate of drug-likeness (QED) is 0.322. The number of sulfonamides is 1. The Hall–Kier alpha value is -1.59. The van der Waals surface area contributed by atoms with Crippen LogP contribution in [0.3, 0.4) is 0 Å². The minimum Gasteiger partial charge on any atom is -0.265 e. The predicted octanol–water partition coefficient (Wildman–Crippen LogP) is 6.86. The Labute approximate surface area is 178 Å². The molecule has 0 saturated heterocycles. The van der Waals surface area contributed by atoms with Gasteiger partial charge >= 0.3 is 0 Å². The van der Waals surface area contributed by atoms with E-state index >= 15 is 0 Å². The summed E-state index contributed by atoms with van der Waals surface area (Å²) in [4.78, 5) is 2.09. The van der Waals surface area contributed by atoms with Gasteiger partial charge in [0.1, 0.15) is 0 Å². The Morgan fingerprint density at radius 1 is 0.893 bits per heavy atom. The molecule has 0 unspecified atom stereocenters. The van der Waals surface area contributed by atoms with Crippen molar-refractivity contribution in [1.82, 2.24) is 4.31 Å². The van der Waals surface area contributed by atoms with Gasteiger partial charge in [-0.1, -0.05) is 103 Å². The number of benzene rings is 2. The highest BCUT2D eigenvalue weighted by Crippen LogP contribution is 2.27. The van der Waals surface area contributed by atoms with E-state index in [2.05, 4.69) is 22.9 Å². The molecular weight excluding hydrogens is 434 g/mol. The molecule has 0 amide bonds. The first-order chi connectivity index (χ1) is 13.6. The van der Waals surface area contributed by atoms with Crippen molar-refractivity contribution in [2.75, 3.05) is 0 Å². The summed E-state index contributed by atoms with van der Waals surface area (Å²) >= 11 is 3.42. The van der Waals surface area contributed by atoms with E-state index in [4.69, 9.17) is 0 Å². The average molecular weight is 464 g/mol. The zero-order valence-corrected chi connectivity index (χ0v) is 19.0. The maximum atomic E-state index is 13.4. The van der Waals surface area contributed by atoms with Gasteiger partial charge in [-0.3, -0.25) is 4.31 Å². The molecule has 2 aromatic carbocycles. The maximum absolute atomic E-state index is 13.4. The van der Waals surface area contributed by atoms with Crippen LogP contribution in [0.1, 0.15) is 57.4 Å². The molecule has 0 aliphatic heterocycles. The zero-order valence-electron chi connectivity index (χ0n) is 16.6. The molecule has 152 valence electrons. The third-order valence-electron chi connectivity index (χ3n) is 4.73. The standard InChI is InChI=1S/C23H30BrNO2S/c1-2-3-4-5-6-11-16-22(19-24)25(20-21-14-9-7-10-15-21)28(26,27)23-17-12-8-13-18-23/h7-10,12-15,17-19H,2-6,11,16,20H2,1H3/b22-19-. The van der Waals surface area contributed by atoms with Crippen molar-refractivity contribution in [3.8, 4) is 0 Å². The van der Waals surface area contributed by atoms with Gasteiger partial charge in [0.25, 0.3) is 10.0 Å². The second kappa shape index (κ2) is 12.1. The number of allylic oxidation sites excluding steroid dienone is 1. The number of hydrogen-bond acceptors (Lipinski definition) is 2. The highest BCUT2D eigenvalue weighted by Gasteiger charge is 2.26. The number of rotatable bonds is 12. The van der Waals surface area contributed by atoms with Crippen molar-refractivity contribution in [3.05, 3.63) is 76.9 Å². The largest absolute Gasteiger partial charge is 0.265 e. The molecule has 28 heavy (non-hydrogen) atoms. The molecular formula is C23H30BrNO2S. The lowest BCUT2D eigenvalue weighted by Gasteiger charge is -2.27. The fourth-order valence-corrected chi connectivity index (χ4v) is 5.27. The third-order valence-corrected chi connectivity index (χ3v) is 7.07. The Bertz CT molecular complexity index is 820. The topological polar surface area (TPSA) is 37.4 Å². The number of hydrogen-bond donors (Lipinski definition) is 0. The molecule has 0 aromatic heterocycles. The maximum Gasteiger partial charge on any atom is 0.264 e. The van der Waals surface area contributed by atoms with Crippen LogP contribution in [0.5, 0.6) is 0 Å². The van der Waals surface area contributed by atoms with E-state index in [1.54, 1.807) is 33.6 Å². The van der Waals surface area contributed by atoms with E-state index in [0.29, 0.717) is 11.4 Å². The van der Waals surface area contributed by atoms with Crippen LogP contribution >= 0.6 is 15.9 Å². The van der Waals surface area contributed by atoms with Gasteiger partial charge in [-0.05, 0) is 30.5 Å². The Morgan fingerprint density at radius 2 is 1.46 bits per heavy atom. The first-order valence-electron chi connectivity index (χ1n) is 10.0. The lowest BCUT2D eigenvalue weighted by molar-refractivity contribution is 0.452. The highest BCUT2D eigenvalue weighted by atomic mass is 79.9. The van der Waals surface area contributed by atoms with Crippen molar-refractivity contribution < 1.29 is 8.42 Å². The normalized spacial score (nSPS) is 12.1. The summed E-state index contributed by atoms with van der Waals surface area (Å²) < 4.78 is 28.3. The van der Waals surface area contributed by atoms with Crippen LogP contribution in [0.15, 0.2) is 76.2 Å². The molecule has 0 aliphatic rings. The first-order valence-corrected chi connectivity index (χ1v) is 12.4. The molecule has 0 bridgehead atoms. The fourth-order valence-electron chi connectivity index (χ4n) is 3.13. The zero-order chi connectivity index (χ0) is 20.2. The van der Waals surface area contributed by atoms with E-state index in [-0.39, 0.29) is 0 Å². The average Bonchev–Trinajstić information content (AvgIpc) is 2.73. The van der Waals surface area contributed by atoms with Crippen molar-refractivity contribution >= 4 is 26.0 Å². The van der Waals surface area contributed by atoms with E-state index in [1.807, 2.05) is 36.4 Å². The molecule has 3 nitrogen and oxygen atoms in total. The summed E-state index contributed by atoms with van der Waals surface area (Å²) in [7, 11) is -3.63. The number of halogens is 1. The smallest absolute Gasteiger partial charge is 0.264 e. The van der Waals surface area contributed by atoms with Crippen LogP contribution in [0.4, 0.5) is 0 Å². The predicted molar refractivity (Wildman–Crippen MR) is 121 cm³/mol. The fraction of sp³-hybridized carbons (Fsp3) is 0.391. The van der Waals surface area contributed by atoms with E-state index in [9.17, 15) is 8.42 Å². The molecule has 0 radical (unpaired) electrons. The molecule has 2 aromatic rings. The first kappa shape index (κ1) is 22.7. The summed E-state index contributed by atoms with van der Waals surface area (Å²) in [5.74, 6) is 0. The molecule has 0 spiro atoms. The van der Waals surface area contributed by atoms with E-state index < -0.39 is 10.0 Å². The monoisotopic (exact) mass is 463 g/mol. The lowest BCUT2D eigenvalue weighted by Crippen LogP contribution is -2.30. The minimum atomic E-state index is -3.63. The van der Waals surface area contributed by atoms with Crippen LogP contribution in [0.2, 0.25) is 0 Å². The van der Waals surface area contributed by atoms with Gasteiger partial charge in [0, 0.05) is 10.7 Å². The molecule has 0 fully saturated rings. The summed E-state index contributed by atoms with van der Waals surface area (Å²) in [6.45, 7) is 2.53. The van der Waals surface area contributed by atoms with Gasteiger partial charge in [0.15, 0.2) is 0 Å². The lowest BCUT2D eigenvalue weighted by atomic mass is 10.1. The van der Waals surface area contributed by atoms with Crippen LogP contribution in [-0.4, -0.2) is 12.7 Å². The van der Waals surface area contributed by atoms with Gasteiger partial charge in [-0.25, -0.2) is 8.42 Å². The van der Waals surface area contributed by atoms with E-state index in [1.165, 1.54) is 25.7 Å². The van der Waals surface area contributed by atoms with Crippen molar-refractivity contribution in [1.29, 1.82) is 0 Å². The van der Waals surface area contributed by atoms with E-state index in [0.717, 1.165) is 30.5 Å². The van der Waals surface area contributed by atoms with Crippen LogP contribution in [-0.2, 0) is 16.6 Å². The van der Waals surface area contributed by atoms with Gasteiger partial charge in [-0.2, -0.15) is 0 Å². The summed E-state index contributed by atoms with van der Waals surface area (Å²) in [6.07, 6.45) is 7.78. The molecule has 0 aliphatic carbocycles. The van der Waals surface area contributed by atoms with Gasteiger partial charge < -0.3 is 0 Å². The van der Waals surface area contributed by atoms with Crippen molar-refractivity contribution in [3.63, 3.8) is 0 Å². The summed E-state index contributed by atoms with van der Waals surface area (Å²) in [5, 5.41) is 0. The third kappa shape index (κ3) is 6.78. The molecule has 2 rings (SSSR count). The summed E-state index contributed by atoms with van der Waals surface area (Å²) in [6, 6.07) is 18.4. The van der Waals surface area contributed by atoms with Crippen LogP contribution in [0, 0.1) is 0 Å². The summed E-state index contributed by atoms with van der Waals surface area (Å²) in [5.41, 5.74) is 1.76. The number of unbranched alkanes of at least 4 members (excludes halogenated alkanes) is 5. The second-order valence-electron chi connectivity index (χ2n) is 6.93. The molecule has 0 N–H and O–H groups in total. The van der Waals surface area contributed by atoms with Gasteiger partial charge in [0.2, 0.25) is 0 Å². The van der Waals surface area contributed by atoms with Crippen molar-refractivity contribution in [2.45, 2.75) is 63.3 Å². The van der Waals surface area contributed by atoms with Gasteiger partial charge in [-0.15, -0.1) is 0 Å². The molecule has 5 heteroatoms. The highest BCUT2D eigenvalue weighted by molar-refractivity contribution is 9.11. The SMILES string of the molecule is CCCCCCCC/C(=C/Br)N(Cc1ccccc1)S(=O)(=O)c1ccccc1. The van der Waals surface area contributed by atoms with Gasteiger partial charge in [0.05, 0.1) is 11.4 Å². The molecule has 0 heterocycles. The van der Waals surface area contributed by atoms with Crippen LogP contribution < -0.4 is 0 Å². The Kier molecular flexibility index (Phi) is 9.79.